The lowest BCUT2D eigenvalue weighted by Gasteiger charge is -2.19. The number of rotatable bonds is 12. The van der Waals surface area contributed by atoms with Crippen molar-refractivity contribution in [2.24, 2.45) is 0 Å². The first kappa shape index (κ1) is 26.1. The monoisotopic (exact) mass is 478 g/mol. The van der Waals surface area contributed by atoms with Crippen LogP contribution >= 0.6 is 11.6 Å². The zero-order valence-corrected chi connectivity index (χ0v) is 20.5. The highest BCUT2D eigenvalue weighted by molar-refractivity contribution is 6.32. The highest BCUT2D eigenvalue weighted by Crippen LogP contribution is 2.38. The van der Waals surface area contributed by atoms with Crippen LogP contribution in [0.5, 0.6) is 23.0 Å². The number of carbonyl (C=O) groups excluding carboxylic acids is 2. The van der Waals surface area contributed by atoms with Crippen molar-refractivity contribution in [2.45, 2.75) is 26.7 Å². The number of ether oxygens (including phenoxy) is 4. The molecule has 0 atom stereocenters. The first-order chi connectivity index (χ1) is 15.9. The minimum absolute atomic E-state index is 0.0953. The van der Waals surface area contributed by atoms with E-state index in [-0.39, 0.29) is 24.8 Å². The minimum Gasteiger partial charge on any atom is -0.493 e. The Bertz CT molecular complexity index is 937. The summed E-state index contributed by atoms with van der Waals surface area (Å²) < 4.78 is 21.6. The number of nitrogens with one attached hydrogen (secondary N) is 1. The summed E-state index contributed by atoms with van der Waals surface area (Å²) in [6.45, 7) is 4.96. The van der Waals surface area contributed by atoms with Crippen LogP contribution in [0.15, 0.2) is 30.3 Å². The van der Waals surface area contributed by atoms with Crippen LogP contribution in [0.4, 0.5) is 5.69 Å². The molecule has 2 aromatic carbocycles. The SMILES string of the molecule is CCN(CC)C(=O)COc1ccc(NC(=O)CCc2cc(OC)c(OC)c(OC)c2)cc1Cl. The lowest BCUT2D eigenvalue weighted by atomic mass is 10.1. The van der Waals surface area contributed by atoms with Crippen LogP contribution in [-0.4, -0.2) is 57.7 Å². The number of hydrogen-bond acceptors (Lipinski definition) is 6. The molecule has 0 radical (unpaired) electrons. The normalized spacial score (nSPS) is 10.4. The number of aryl methyl sites for hydroxylation is 1. The highest BCUT2D eigenvalue weighted by Gasteiger charge is 2.15. The van der Waals surface area contributed by atoms with Crippen LogP contribution < -0.4 is 24.3 Å². The van der Waals surface area contributed by atoms with Crippen molar-refractivity contribution in [1.29, 1.82) is 0 Å². The fourth-order valence-electron chi connectivity index (χ4n) is 3.26. The van der Waals surface area contributed by atoms with Gasteiger partial charge in [-0.2, -0.15) is 0 Å². The van der Waals surface area contributed by atoms with Crippen molar-refractivity contribution >= 4 is 29.1 Å². The van der Waals surface area contributed by atoms with E-state index in [1.54, 1.807) is 37.3 Å². The Labute approximate surface area is 199 Å². The van der Waals surface area contributed by atoms with E-state index in [0.717, 1.165) is 5.56 Å². The fourth-order valence-corrected chi connectivity index (χ4v) is 3.50. The number of benzene rings is 2. The van der Waals surface area contributed by atoms with Crippen LogP contribution in [0.2, 0.25) is 5.02 Å². The Hall–Kier alpha value is -3.13. The molecule has 0 bridgehead atoms. The van der Waals surface area contributed by atoms with Crippen LogP contribution in [0.25, 0.3) is 0 Å². The number of nitrogens with zero attached hydrogens (tertiary/aromatic N) is 1. The van der Waals surface area contributed by atoms with Gasteiger partial charge < -0.3 is 29.2 Å². The van der Waals surface area contributed by atoms with Gasteiger partial charge in [-0.25, -0.2) is 0 Å². The molecule has 0 aliphatic heterocycles. The molecule has 0 aromatic heterocycles. The van der Waals surface area contributed by atoms with Crippen molar-refractivity contribution < 1.29 is 28.5 Å². The first-order valence-electron chi connectivity index (χ1n) is 10.7. The van der Waals surface area contributed by atoms with Gasteiger partial charge in [-0.3, -0.25) is 9.59 Å². The second-order valence-corrected chi connectivity index (χ2v) is 7.49. The zero-order chi connectivity index (χ0) is 24.4. The summed E-state index contributed by atoms with van der Waals surface area (Å²) in [6.07, 6.45) is 0.720. The van der Waals surface area contributed by atoms with E-state index < -0.39 is 0 Å². The van der Waals surface area contributed by atoms with Crippen LogP contribution in [0, 0.1) is 0 Å². The average molecular weight is 479 g/mol. The Balaban J connectivity index is 1.95. The highest BCUT2D eigenvalue weighted by atomic mass is 35.5. The molecule has 2 aromatic rings. The van der Waals surface area contributed by atoms with Gasteiger partial charge in [-0.05, 0) is 56.2 Å². The van der Waals surface area contributed by atoms with E-state index in [1.807, 2.05) is 26.0 Å². The van der Waals surface area contributed by atoms with Crippen LogP contribution in [-0.2, 0) is 16.0 Å². The molecule has 8 nitrogen and oxygen atoms in total. The second kappa shape index (κ2) is 12.8. The maximum Gasteiger partial charge on any atom is 0.260 e. The maximum atomic E-state index is 12.4. The van der Waals surface area contributed by atoms with Gasteiger partial charge in [0.15, 0.2) is 18.1 Å². The smallest absolute Gasteiger partial charge is 0.260 e. The lowest BCUT2D eigenvalue weighted by Crippen LogP contribution is -2.34. The van der Waals surface area contributed by atoms with Crippen LogP contribution in [0.3, 0.4) is 0 Å². The first-order valence-corrected chi connectivity index (χ1v) is 11.0. The Kier molecular flexibility index (Phi) is 10.1. The van der Waals surface area contributed by atoms with Gasteiger partial charge in [0.05, 0.1) is 26.4 Å². The number of hydrogen-bond donors (Lipinski definition) is 1. The van der Waals surface area contributed by atoms with E-state index >= 15 is 0 Å². The summed E-state index contributed by atoms with van der Waals surface area (Å²) in [6, 6.07) is 8.54. The molecule has 0 aliphatic carbocycles. The van der Waals surface area contributed by atoms with Gasteiger partial charge in [0, 0.05) is 25.2 Å². The minimum atomic E-state index is -0.176. The second-order valence-electron chi connectivity index (χ2n) is 7.08. The number of carbonyl (C=O) groups is 2. The van der Waals surface area contributed by atoms with Gasteiger partial charge in [-0.1, -0.05) is 11.6 Å². The van der Waals surface area contributed by atoms with Gasteiger partial charge in [0.1, 0.15) is 5.75 Å². The number of halogens is 1. The van der Waals surface area contributed by atoms with Gasteiger partial charge >= 0.3 is 0 Å². The molecule has 0 unspecified atom stereocenters. The molecule has 0 saturated carbocycles. The van der Waals surface area contributed by atoms with Crippen molar-refractivity contribution in [2.75, 3.05) is 46.3 Å². The van der Waals surface area contributed by atoms with Gasteiger partial charge in [0.2, 0.25) is 11.7 Å². The molecule has 0 saturated heterocycles. The quantitative estimate of drug-likeness (QED) is 0.492. The summed E-state index contributed by atoms with van der Waals surface area (Å²) in [5.74, 6) is 1.67. The van der Waals surface area contributed by atoms with Gasteiger partial charge in [0.25, 0.3) is 5.91 Å². The molecule has 0 aliphatic rings. The standard InChI is InChI=1S/C24H31ClN2O6/c1-6-27(7-2)23(29)15-33-19-10-9-17(14-18(19)25)26-22(28)11-8-16-12-20(30-3)24(32-5)21(13-16)31-4/h9-10,12-14H,6-8,11,15H2,1-5H3,(H,26,28). The predicted octanol–water partition coefficient (Wildman–Crippen LogP) is 4.18. The average Bonchev–Trinajstić information content (AvgIpc) is 2.82. The molecule has 0 fully saturated rings. The molecule has 2 rings (SSSR count). The number of likely N-dealkylation sites (N-methyl/N-ethyl adjacent to an activating group) is 1. The lowest BCUT2D eigenvalue weighted by molar-refractivity contribution is -0.133. The Morgan fingerprint density at radius 2 is 1.58 bits per heavy atom. The summed E-state index contributed by atoms with van der Waals surface area (Å²) in [4.78, 5) is 26.2. The van der Waals surface area contributed by atoms with E-state index in [1.165, 1.54) is 7.11 Å². The maximum absolute atomic E-state index is 12.4. The topological polar surface area (TPSA) is 86.3 Å². The van der Waals surface area contributed by atoms with Gasteiger partial charge in [-0.15, -0.1) is 0 Å². The third-order valence-corrected chi connectivity index (χ3v) is 5.34. The molecule has 0 spiro atoms. The van der Waals surface area contributed by atoms with Crippen molar-refractivity contribution in [3.05, 3.63) is 40.9 Å². The molecule has 2 amide bonds. The number of methoxy groups -OCH3 is 3. The Morgan fingerprint density at radius 3 is 2.09 bits per heavy atom. The van der Waals surface area contributed by atoms with E-state index in [9.17, 15) is 9.59 Å². The van der Waals surface area contributed by atoms with Crippen molar-refractivity contribution in [3.8, 4) is 23.0 Å². The summed E-state index contributed by atoms with van der Waals surface area (Å²) in [7, 11) is 4.63. The summed E-state index contributed by atoms with van der Waals surface area (Å²) in [5, 5.41) is 3.13. The largest absolute Gasteiger partial charge is 0.493 e. The Morgan fingerprint density at radius 1 is 0.939 bits per heavy atom. The molecule has 33 heavy (non-hydrogen) atoms. The third-order valence-electron chi connectivity index (χ3n) is 5.05. The molecular weight excluding hydrogens is 448 g/mol. The van der Waals surface area contributed by atoms with E-state index in [0.29, 0.717) is 53.2 Å². The molecule has 0 heterocycles. The predicted molar refractivity (Wildman–Crippen MR) is 128 cm³/mol. The zero-order valence-electron chi connectivity index (χ0n) is 19.7. The summed E-state index contributed by atoms with van der Waals surface area (Å²) >= 11 is 6.27. The third kappa shape index (κ3) is 7.18. The summed E-state index contributed by atoms with van der Waals surface area (Å²) in [5.41, 5.74) is 1.41. The number of amides is 2. The fraction of sp³-hybridized carbons (Fsp3) is 0.417. The molecule has 1 N–H and O–H groups in total. The van der Waals surface area contributed by atoms with Crippen LogP contribution in [0.1, 0.15) is 25.8 Å². The molecule has 9 heteroatoms. The van der Waals surface area contributed by atoms with E-state index in [2.05, 4.69) is 5.32 Å². The number of anilines is 1. The van der Waals surface area contributed by atoms with Crippen molar-refractivity contribution in [1.82, 2.24) is 4.90 Å². The molecular formula is C24H31ClN2O6. The van der Waals surface area contributed by atoms with Crippen molar-refractivity contribution in [3.63, 3.8) is 0 Å². The van der Waals surface area contributed by atoms with E-state index in [4.69, 9.17) is 30.5 Å². The molecule has 180 valence electrons.